The van der Waals surface area contributed by atoms with Gasteiger partial charge in [0.25, 0.3) is 0 Å². The van der Waals surface area contributed by atoms with Crippen molar-refractivity contribution >= 4 is 11.6 Å². The second kappa shape index (κ2) is 7.03. The molecule has 1 aliphatic heterocycles. The summed E-state index contributed by atoms with van der Waals surface area (Å²) < 4.78 is 0. The minimum atomic E-state index is 0.390. The lowest BCUT2D eigenvalue weighted by atomic mass is 9.93. The van der Waals surface area contributed by atoms with Crippen molar-refractivity contribution in [3.8, 4) is 0 Å². The second-order valence-electron chi connectivity index (χ2n) is 7.07. The molecule has 0 amide bonds. The molecule has 122 valence electrons. The van der Waals surface area contributed by atoms with Crippen LogP contribution in [0.2, 0.25) is 0 Å². The first-order valence-electron chi connectivity index (χ1n) is 8.21. The van der Waals surface area contributed by atoms with Gasteiger partial charge in [-0.1, -0.05) is 26.0 Å². The monoisotopic (exact) mass is 302 g/mol. The zero-order valence-electron chi connectivity index (χ0n) is 14.7. The van der Waals surface area contributed by atoms with Crippen molar-refractivity contribution in [2.24, 2.45) is 10.4 Å². The summed E-state index contributed by atoms with van der Waals surface area (Å²) in [6, 6.07) is 8.59. The topological polar surface area (TPSA) is 30.9 Å². The SMILES string of the molecule is CCNC(=NCc1cccc(N(C)C)c1)N1CCC(C)(C)C1. The Bertz CT molecular complexity index is 520. The molecule has 1 N–H and O–H groups in total. The van der Waals surface area contributed by atoms with Crippen molar-refractivity contribution in [3.63, 3.8) is 0 Å². The maximum atomic E-state index is 4.84. The molecule has 4 nitrogen and oxygen atoms in total. The van der Waals surface area contributed by atoms with Crippen LogP contribution < -0.4 is 10.2 Å². The Morgan fingerprint density at radius 2 is 2.14 bits per heavy atom. The second-order valence-corrected chi connectivity index (χ2v) is 7.07. The summed E-state index contributed by atoms with van der Waals surface area (Å²) in [5.74, 6) is 1.04. The Kier molecular flexibility index (Phi) is 5.33. The maximum Gasteiger partial charge on any atom is 0.194 e. The molecule has 0 aliphatic carbocycles. The molecular formula is C18H30N4. The van der Waals surface area contributed by atoms with Crippen LogP contribution in [0.4, 0.5) is 5.69 Å². The third-order valence-corrected chi connectivity index (χ3v) is 4.15. The normalized spacial score (nSPS) is 17.7. The molecule has 1 saturated heterocycles. The van der Waals surface area contributed by atoms with Gasteiger partial charge in [-0.3, -0.25) is 0 Å². The molecule has 4 heteroatoms. The van der Waals surface area contributed by atoms with Gasteiger partial charge in [-0.2, -0.15) is 0 Å². The van der Waals surface area contributed by atoms with Crippen LogP contribution in [0.5, 0.6) is 0 Å². The molecule has 1 aliphatic rings. The Balaban J connectivity index is 2.09. The van der Waals surface area contributed by atoms with Crippen LogP contribution in [0.3, 0.4) is 0 Å². The predicted octanol–water partition coefficient (Wildman–Crippen LogP) is 2.95. The quantitative estimate of drug-likeness (QED) is 0.685. The lowest BCUT2D eigenvalue weighted by molar-refractivity contribution is 0.370. The zero-order valence-corrected chi connectivity index (χ0v) is 14.7. The van der Waals surface area contributed by atoms with E-state index in [1.165, 1.54) is 17.7 Å². The minimum Gasteiger partial charge on any atom is -0.378 e. The zero-order chi connectivity index (χ0) is 16.2. The average Bonchev–Trinajstić information content (AvgIpc) is 2.84. The molecule has 1 heterocycles. The van der Waals surface area contributed by atoms with Crippen LogP contribution in [0.1, 0.15) is 32.8 Å². The molecule has 2 rings (SSSR count). The van der Waals surface area contributed by atoms with E-state index >= 15 is 0 Å². The number of benzene rings is 1. The largest absolute Gasteiger partial charge is 0.378 e. The molecule has 0 aromatic heterocycles. The van der Waals surface area contributed by atoms with Gasteiger partial charge in [-0.15, -0.1) is 0 Å². The van der Waals surface area contributed by atoms with Crippen LogP contribution >= 0.6 is 0 Å². The van der Waals surface area contributed by atoms with E-state index in [4.69, 9.17) is 4.99 Å². The molecule has 1 aromatic carbocycles. The van der Waals surface area contributed by atoms with E-state index in [1.807, 2.05) is 0 Å². The first-order chi connectivity index (χ1) is 10.4. The molecule has 0 radical (unpaired) electrons. The first-order valence-corrected chi connectivity index (χ1v) is 8.21. The van der Waals surface area contributed by atoms with E-state index in [-0.39, 0.29) is 0 Å². The number of guanidine groups is 1. The third kappa shape index (κ3) is 4.39. The Hall–Kier alpha value is -1.71. The summed E-state index contributed by atoms with van der Waals surface area (Å²) in [6.45, 7) is 10.6. The number of nitrogens with one attached hydrogen (secondary N) is 1. The van der Waals surface area contributed by atoms with Crippen molar-refractivity contribution in [2.75, 3.05) is 38.6 Å². The van der Waals surface area contributed by atoms with Gasteiger partial charge in [0, 0.05) is 39.4 Å². The molecule has 0 bridgehead atoms. The highest BCUT2D eigenvalue weighted by molar-refractivity contribution is 5.80. The standard InChI is InChI=1S/C18H30N4/c1-6-19-17(22-11-10-18(2,3)14-22)20-13-15-8-7-9-16(12-15)21(4)5/h7-9,12H,6,10-11,13-14H2,1-5H3,(H,19,20). The van der Waals surface area contributed by atoms with E-state index in [2.05, 4.69) is 74.2 Å². The smallest absolute Gasteiger partial charge is 0.194 e. The van der Waals surface area contributed by atoms with Crippen molar-refractivity contribution in [1.82, 2.24) is 10.2 Å². The average molecular weight is 302 g/mol. The van der Waals surface area contributed by atoms with Crippen LogP contribution in [-0.2, 0) is 6.54 Å². The Morgan fingerprint density at radius 1 is 1.36 bits per heavy atom. The molecule has 0 atom stereocenters. The summed E-state index contributed by atoms with van der Waals surface area (Å²) in [7, 11) is 4.14. The lowest BCUT2D eigenvalue weighted by Gasteiger charge is -2.23. The summed E-state index contributed by atoms with van der Waals surface area (Å²) in [5.41, 5.74) is 2.86. The van der Waals surface area contributed by atoms with Crippen LogP contribution in [-0.4, -0.2) is 44.6 Å². The predicted molar refractivity (Wildman–Crippen MR) is 95.6 cm³/mol. The number of rotatable bonds is 4. The van der Waals surface area contributed by atoms with Gasteiger partial charge in [-0.05, 0) is 36.5 Å². The van der Waals surface area contributed by atoms with Gasteiger partial charge in [0.1, 0.15) is 0 Å². The number of hydrogen-bond acceptors (Lipinski definition) is 2. The summed E-state index contributed by atoms with van der Waals surface area (Å²) >= 11 is 0. The van der Waals surface area contributed by atoms with E-state index in [9.17, 15) is 0 Å². The van der Waals surface area contributed by atoms with E-state index in [1.54, 1.807) is 0 Å². The summed E-state index contributed by atoms with van der Waals surface area (Å²) in [6.07, 6.45) is 1.23. The van der Waals surface area contributed by atoms with Gasteiger partial charge >= 0.3 is 0 Å². The van der Waals surface area contributed by atoms with Crippen molar-refractivity contribution in [1.29, 1.82) is 0 Å². The minimum absolute atomic E-state index is 0.390. The van der Waals surface area contributed by atoms with Gasteiger partial charge in [0.15, 0.2) is 5.96 Å². The Morgan fingerprint density at radius 3 is 2.73 bits per heavy atom. The number of anilines is 1. The van der Waals surface area contributed by atoms with Crippen molar-refractivity contribution in [2.45, 2.75) is 33.7 Å². The van der Waals surface area contributed by atoms with Crippen LogP contribution in [0, 0.1) is 5.41 Å². The number of aliphatic imine (C=N–C) groups is 1. The van der Waals surface area contributed by atoms with Crippen LogP contribution in [0.25, 0.3) is 0 Å². The Labute approximate surface area is 135 Å². The van der Waals surface area contributed by atoms with Gasteiger partial charge < -0.3 is 15.1 Å². The van der Waals surface area contributed by atoms with E-state index in [0.717, 1.165) is 32.1 Å². The van der Waals surface area contributed by atoms with Crippen molar-refractivity contribution in [3.05, 3.63) is 29.8 Å². The first kappa shape index (κ1) is 16.7. The fourth-order valence-electron chi connectivity index (χ4n) is 2.82. The molecule has 22 heavy (non-hydrogen) atoms. The third-order valence-electron chi connectivity index (χ3n) is 4.15. The lowest BCUT2D eigenvalue weighted by Crippen LogP contribution is -2.40. The fourth-order valence-corrected chi connectivity index (χ4v) is 2.82. The van der Waals surface area contributed by atoms with E-state index in [0.29, 0.717) is 5.41 Å². The van der Waals surface area contributed by atoms with Crippen LogP contribution in [0.15, 0.2) is 29.3 Å². The maximum absolute atomic E-state index is 4.84. The highest BCUT2D eigenvalue weighted by Crippen LogP contribution is 2.28. The van der Waals surface area contributed by atoms with Crippen molar-refractivity contribution < 1.29 is 0 Å². The molecular weight excluding hydrogens is 272 g/mol. The van der Waals surface area contributed by atoms with Gasteiger partial charge in [-0.25, -0.2) is 4.99 Å². The molecule has 1 fully saturated rings. The molecule has 0 spiro atoms. The molecule has 0 saturated carbocycles. The number of hydrogen-bond donors (Lipinski definition) is 1. The molecule has 1 aromatic rings. The van der Waals surface area contributed by atoms with Gasteiger partial charge in [0.2, 0.25) is 0 Å². The number of likely N-dealkylation sites (tertiary alicyclic amines) is 1. The summed E-state index contributed by atoms with van der Waals surface area (Å²) in [4.78, 5) is 9.36. The van der Waals surface area contributed by atoms with Gasteiger partial charge in [0.05, 0.1) is 6.54 Å². The fraction of sp³-hybridized carbons (Fsp3) is 0.611. The highest BCUT2D eigenvalue weighted by Gasteiger charge is 2.30. The van der Waals surface area contributed by atoms with E-state index < -0.39 is 0 Å². The summed E-state index contributed by atoms with van der Waals surface area (Å²) in [5, 5.41) is 3.44. The molecule has 0 unspecified atom stereocenters. The number of nitrogens with zero attached hydrogens (tertiary/aromatic N) is 3. The highest BCUT2D eigenvalue weighted by atomic mass is 15.3.